The lowest BCUT2D eigenvalue weighted by atomic mass is 10.1. The molecule has 0 saturated heterocycles. The number of aromatic nitrogens is 2. The van der Waals surface area contributed by atoms with Gasteiger partial charge in [-0.3, -0.25) is 14.8 Å². The lowest BCUT2D eigenvalue weighted by Crippen LogP contribution is -2.13. The maximum atomic E-state index is 12.9. The van der Waals surface area contributed by atoms with Gasteiger partial charge in [0.1, 0.15) is 5.75 Å². The quantitative estimate of drug-likeness (QED) is 0.331. The summed E-state index contributed by atoms with van der Waals surface area (Å²) in [5, 5.41) is 10.5. The number of hydrogen-bond donors (Lipinski definition) is 2. The highest BCUT2D eigenvalue weighted by Crippen LogP contribution is 2.34. The third kappa shape index (κ3) is 5.48. The number of rotatable bonds is 7. The van der Waals surface area contributed by atoms with Crippen LogP contribution in [0.15, 0.2) is 77.1 Å². The average Bonchev–Trinajstić information content (AvgIpc) is 3.26. The van der Waals surface area contributed by atoms with Crippen molar-refractivity contribution in [2.75, 3.05) is 10.0 Å². The molecule has 4 aromatic rings. The van der Waals surface area contributed by atoms with Crippen LogP contribution < -0.4 is 14.8 Å². The number of benzene rings is 3. The predicted octanol–water partition coefficient (Wildman–Crippen LogP) is 5.35. The first kappa shape index (κ1) is 22.7. The van der Waals surface area contributed by atoms with Crippen LogP contribution in [0.5, 0.6) is 11.5 Å². The number of carbonyl (C=O) groups is 1. The van der Waals surface area contributed by atoms with Gasteiger partial charge in [0, 0.05) is 10.6 Å². The third-order valence-electron chi connectivity index (χ3n) is 4.40. The van der Waals surface area contributed by atoms with Gasteiger partial charge in [0.15, 0.2) is 5.75 Å². The Morgan fingerprint density at radius 1 is 1.00 bits per heavy atom. The molecule has 0 radical (unpaired) electrons. The van der Waals surface area contributed by atoms with Crippen LogP contribution >= 0.6 is 22.9 Å². The molecule has 0 bridgehead atoms. The number of sulfonamides is 1. The summed E-state index contributed by atoms with van der Waals surface area (Å²) in [7, 11) is -4.13. The molecular weight excluding hydrogens is 484 g/mol. The summed E-state index contributed by atoms with van der Waals surface area (Å²) in [6.45, 7) is 1.80. The van der Waals surface area contributed by atoms with Crippen LogP contribution in [0, 0.1) is 6.92 Å². The van der Waals surface area contributed by atoms with E-state index in [1.165, 1.54) is 6.07 Å². The molecule has 1 amide bonds. The van der Waals surface area contributed by atoms with Crippen molar-refractivity contribution in [3.63, 3.8) is 0 Å². The van der Waals surface area contributed by atoms with Gasteiger partial charge in [-0.25, -0.2) is 0 Å². The molecule has 0 aliphatic heterocycles. The highest BCUT2D eigenvalue weighted by molar-refractivity contribution is 7.94. The van der Waals surface area contributed by atoms with Gasteiger partial charge >= 0.3 is 0 Å². The molecule has 2 N–H and O–H groups in total. The number of halogens is 1. The number of nitrogens with zero attached hydrogens (tertiary/aromatic N) is 2. The van der Waals surface area contributed by atoms with Crippen LogP contribution in [-0.4, -0.2) is 24.5 Å². The summed E-state index contributed by atoms with van der Waals surface area (Å²) in [5.74, 6) is 0.374. The van der Waals surface area contributed by atoms with Crippen molar-refractivity contribution in [2.45, 2.75) is 11.3 Å². The van der Waals surface area contributed by atoms with Crippen molar-refractivity contribution in [1.82, 2.24) is 10.2 Å². The Bertz CT molecular complexity index is 1410. The van der Waals surface area contributed by atoms with Gasteiger partial charge in [-0.15, -0.1) is 10.2 Å². The maximum absolute atomic E-state index is 12.9. The van der Waals surface area contributed by atoms with E-state index in [0.717, 1.165) is 16.9 Å². The zero-order chi connectivity index (χ0) is 23.4. The molecule has 3 aromatic carbocycles. The van der Waals surface area contributed by atoms with Crippen molar-refractivity contribution in [3.8, 4) is 11.5 Å². The normalized spacial score (nSPS) is 11.1. The minimum Gasteiger partial charge on any atom is -0.455 e. The second-order valence-electron chi connectivity index (χ2n) is 6.80. The molecule has 4 rings (SSSR count). The van der Waals surface area contributed by atoms with Crippen molar-refractivity contribution in [1.29, 1.82) is 0 Å². The molecule has 0 unspecified atom stereocenters. The van der Waals surface area contributed by atoms with E-state index < -0.39 is 15.9 Å². The Morgan fingerprint density at radius 3 is 2.48 bits per heavy atom. The Hall–Kier alpha value is -3.47. The van der Waals surface area contributed by atoms with Crippen molar-refractivity contribution >= 4 is 49.7 Å². The number of ether oxygens (including phenoxy) is 1. The van der Waals surface area contributed by atoms with Crippen LogP contribution in [0.1, 0.15) is 15.9 Å². The Morgan fingerprint density at radius 2 is 1.73 bits per heavy atom. The average molecular weight is 501 g/mol. The van der Waals surface area contributed by atoms with Crippen molar-refractivity contribution in [2.24, 2.45) is 0 Å². The molecule has 0 saturated carbocycles. The van der Waals surface area contributed by atoms with Gasteiger partial charge in [-0.2, -0.15) is 8.42 Å². The van der Waals surface area contributed by atoms with Gasteiger partial charge in [0.25, 0.3) is 20.3 Å². The SMILES string of the molecule is Cc1ccccc1C(=O)Nc1nnc(S(=O)(=O)Nc2cc(Cl)ccc2Oc2ccccc2)s1. The van der Waals surface area contributed by atoms with E-state index >= 15 is 0 Å². The standard InChI is InChI=1S/C22H17ClN4O4S2/c1-14-7-5-6-10-17(14)20(28)24-21-25-26-22(32-21)33(29,30)27-18-13-15(23)11-12-19(18)31-16-8-3-2-4-9-16/h2-13,27H,1H3,(H,24,25,28). The molecule has 1 heterocycles. The van der Waals surface area contributed by atoms with E-state index in [0.29, 0.717) is 16.3 Å². The summed E-state index contributed by atoms with van der Waals surface area (Å²) < 4.78 is 33.7. The Balaban J connectivity index is 1.54. The number of anilines is 2. The lowest BCUT2D eigenvalue weighted by molar-refractivity contribution is 0.102. The van der Waals surface area contributed by atoms with Crippen LogP contribution in [0.25, 0.3) is 0 Å². The number of aryl methyl sites for hydroxylation is 1. The first-order valence-electron chi connectivity index (χ1n) is 9.57. The zero-order valence-electron chi connectivity index (χ0n) is 17.2. The van der Waals surface area contributed by atoms with E-state index in [9.17, 15) is 13.2 Å². The molecular formula is C22H17ClN4O4S2. The highest BCUT2D eigenvalue weighted by atomic mass is 35.5. The molecule has 0 fully saturated rings. The molecule has 8 nitrogen and oxygen atoms in total. The second kappa shape index (κ2) is 9.57. The Kier molecular flexibility index (Phi) is 6.59. The highest BCUT2D eigenvalue weighted by Gasteiger charge is 2.23. The first-order valence-corrected chi connectivity index (χ1v) is 12.3. The van der Waals surface area contributed by atoms with Gasteiger partial charge in [0.2, 0.25) is 5.13 Å². The second-order valence-corrected chi connectivity index (χ2v) is 10.1. The van der Waals surface area contributed by atoms with Crippen LogP contribution in [0.2, 0.25) is 5.02 Å². The van der Waals surface area contributed by atoms with Crippen LogP contribution in [0.3, 0.4) is 0 Å². The molecule has 11 heteroatoms. The Labute approximate surface area is 199 Å². The number of amides is 1. The summed E-state index contributed by atoms with van der Waals surface area (Å²) in [6, 6.07) is 20.5. The fourth-order valence-electron chi connectivity index (χ4n) is 2.84. The van der Waals surface area contributed by atoms with Gasteiger partial charge in [0.05, 0.1) is 5.69 Å². The monoisotopic (exact) mass is 500 g/mol. The largest absolute Gasteiger partial charge is 0.455 e. The number of hydrogen-bond acceptors (Lipinski definition) is 7. The predicted molar refractivity (Wildman–Crippen MR) is 128 cm³/mol. The molecule has 0 aliphatic rings. The summed E-state index contributed by atoms with van der Waals surface area (Å²) in [6.07, 6.45) is 0. The topological polar surface area (TPSA) is 110 Å². The van der Waals surface area contributed by atoms with E-state index in [1.54, 1.807) is 61.5 Å². The summed E-state index contributed by atoms with van der Waals surface area (Å²) >= 11 is 6.79. The number of nitrogens with one attached hydrogen (secondary N) is 2. The maximum Gasteiger partial charge on any atom is 0.291 e. The minimum absolute atomic E-state index is 0.0514. The molecule has 0 atom stereocenters. The van der Waals surface area contributed by atoms with E-state index in [2.05, 4.69) is 20.2 Å². The van der Waals surface area contributed by atoms with Crippen molar-refractivity contribution < 1.29 is 17.9 Å². The molecule has 168 valence electrons. The fourth-order valence-corrected chi connectivity index (χ4v) is 4.97. The minimum atomic E-state index is -4.13. The smallest absolute Gasteiger partial charge is 0.291 e. The zero-order valence-corrected chi connectivity index (χ0v) is 19.5. The molecule has 33 heavy (non-hydrogen) atoms. The van der Waals surface area contributed by atoms with E-state index in [-0.39, 0.29) is 20.9 Å². The van der Waals surface area contributed by atoms with Crippen LogP contribution in [0.4, 0.5) is 10.8 Å². The summed E-state index contributed by atoms with van der Waals surface area (Å²) in [4.78, 5) is 12.5. The fraction of sp³-hybridized carbons (Fsp3) is 0.0455. The third-order valence-corrected chi connectivity index (χ3v) is 7.21. The molecule has 0 aliphatic carbocycles. The van der Waals surface area contributed by atoms with E-state index in [4.69, 9.17) is 16.3 Å². The lowest BCUT2D eigenvalue weighted by Gasteiger charge is -2.12. The number of carbonyl (C=O) groups excluding carboxylic acids is 1. The van der Waals surface area contributed by atoms with Gasteiger partial charge < -0.3 is 4.74 Å². The van der Waals surface area contributed by atoms with Gasteiger partial charge in [-0.1, -0.05) is 59.3 Å². The first-order chi connectivity index (χ1) is 15.8. The van der Waals surface area contributed by atoms with Crippen LogP contribution in [-0.2, 0) is 10.0 Å². The van der Waals surface area contributed by atoms with Crippen molar-refractivity contribution in [3.05, 3.63) is 88.9 Å². The van der Waals surface area contributed by atoms with Gasteiger partial charge in [-0.05, 0) is 48.9 Å². The van der Waals surface area contributed by atoms with E-state index in [1.807, 2.05) is 12.1 Å². The molecule has 1 aromatic heterocycles. The summed E-state index contributed by atoms with van der Waals surface area (Å²) in [5.41, 5.74) is 1.37. The molecule has 0 spiro atoms. The number of para-hydroxylation sites is 1.